The zero-order valence-electron chi connectivity index (χ0n) is 11.5. The summed E-state index contributed by atoms with van der Waals surface area (Å²) >= 11 is 0. The van der Waals surface area contributed by atoms with Crippen molar-refractivity contribution >= 4 is 0 Å². The van der Waals surface area contributed by atoms with Crippen molar-refractivity contribution in [2.45, 2.75) is 19.1 Å². The minimum atomic E-state index is -0.575. The molecule has 3 nitrogen and oxygen atoms in total. The Hall–Kier alpha value is -2.15. The second-order valence-electron chi connectivity index (χ2n) is 4.79. The van der Waals surface area contributed by atoms with Gasteiger partial charge in [-0.1, -0.05) is 42.5 Å². The zero-order chi connectivity index (χ0) is 14.4. The van der Waals surface area contributed by atoms with Gasteiger partial charge in [-0.05, 0) is 30.2 Å². The average molecular weight is 266 g/mol. The van der Waals surface area contributed by atoms with Crippen LogP contribution in [0.5, 0.6) is 0 Å². The number of rotatable bonds is 5. The normalized spacial score (nSPS) is 13.4. The number of nitrogens with zero attached hydrogens (tertiary/aromatic N) is 1. The molecule has 2 aromatic rings. The van der Waals surface area contributed by atoms with E-state index in [4.69, 9.17) is 5.26 Å². The number of nitriles is 1. The zero-order valence-corrected chi connectivity index (χ0v) is 11.5. The Morgan fingerprint density at radius 1 is 1.05 bits per heavy atom. The van der Waals surface area contributed by atoms with E-state index in [1.54, 1.807) is 24.3 Å². The third-order valence-corrected chi connectivity index (χ3v) is 3.34. The summed E-state index contributed by atoms with van der Waals surface area (Å²) in [7, 11) is 0. The molecular formula is C17H18N2O. The molecule has 2 N–H and O–H groups in total. The Labute approximate surface area is 119 Å². The lowest BCUT2D eigenvalue weighted by atomic mass is 10.1. The van der Waals surface area contributed by atoms with Crippen LogP contribution in [0, 0.1) is 11.3 Å². The monoisotopic (exact) mass is 266 g/mol. The molecule has 0 aliphatic carbocycles. The van der Waals surface area contributed by atoms with Crippen molar-refractivity contribution in [3.05, 3.63) is 71.3 Å². The average Bonchev–Trinajstić information content (AvgIpc) is 2.53. The molecule has 20 heavy (non-hydrogen) atoms. The lowest BCUT2D eigenvalue weighted by Crippen LogP contribution is -2.24. The Kier molecular flexibility index (Phi) is 4.89. The molecule has 0 fully saturated rings. The predicted molar refractivity (Wildman–Crippen MR) is 79.0 cm³/mol. The van der Waals surface area contributed by atoms with Crippen LogP contribution in [0.3, 0.4) is 0 Å². The first-order valence-electron chi connectivity index (χ1n) is 6.67. The van der Waals surface area contributed by atoms with E-state index in [9.17, 15) is 5.11 Å². The van der Waals surface area contributed by atoms with Crippen LogP contribution in [0.1, 0.15) is 35.8 Å². The highest BCUT2D eigenvalue weighted by atomic mass is 16.3. The molecule has 0 aliphatic rings. The van der Waals surface area contributed by atoms with Gasteiger partial charge in [0.1, 0.15) is 0 Å². The third kappa shape index (κ3) is 3.67. The summed E-state index contributed by atoms with van der Waals surface area (Å²) in [5, 5.41) is 22.2. The molecule has 0 saturated heterocycles. The molecule has 0 saturated carbocycles. The number of aliphatic hydroxyl groups is 1. The fraction of sp³-hybridized carbons (Fsp3) is 0.235. The van der Waals surface area contributed by atoms with E-state index in [1.165, 1.54) is 5.56 Å². The van der Waals surface area contributed by atoms with Crippen molar-refractivity contribution in [2.75, 3.05) is 6.54 Å². The van der Waals surface area contributed by atoms with Crippen LogP contribution in [-0.4, -0.2) is 11.7 Å². The van der Waals surface area contributed by atoms with Crippen LogP contribution in [0.25, 0.3) is 0 Å². The minimum Gasteiger partial charge on any atom is -0.387 e. The van der Waals surface area contributed by atoms with Crippen molar-refractivity contribution in [3.8, 4) is 6.07 Å². The SMILES string of the molecule is CC(NCC(O)c1ccc(C#N)cc1)c1ccccc1. The van der Waals surface area contributed by atoms with E-state index in [0.29, 0.717) is 12.1 Å². The summed E-state index contributed by atoms with van der Waals surface area (Å²) in [6.07, 6.45) is -0.575. The first kappa shape index (κ1) is 14.3. The molecule has 0 aliphatic heterocycles. The van der Waals surface area contributed by atoms with Crippen LogP contribution in [0.4, 0.5) is 0 Å². The largest absolute Gasteiger partial charge is 0.387 e. The summed E-state index contributed by atoms with van der Waals surface area (Å²) in [6.45, 7) is 2.54. The van der Waals surface area contributed by atoms with Crippen LogP contribution in [-0.2, 0) is 0 Å². The quantitative estimate of drug-likeness (QED) is 0.874. The summed E-state index contributed by atoms with van der Waals surface area (Å²) in [5.74, 6) is 0. The second kappa shape index (κ2) is 6.85. The highest BCUT2D eigenvalue weighted by Gasteiger charge is 2.10. The number of nitrogens with one attached hydrogen (secondary N) is 1. The topological polar surface area (TPSA) is 56.0 Å². The van der Waals surface area contributed by atoms with Crippen LogP contribution >= 0.6 is 0 Å². The van der Waals surface area contributed by atoms with Gasteiger partial charge in [0.25, 0.3) is 0 Å². The van der Waals surface area contributed by atoms with E-state index in [2.05, 4.69) is 30.4 Å². The van der Waals surface area contributed by atoms with E-state index >= 15 is 0 Å². The Morgan fingerprint density at radius 2 is 1.70 bits per heavy atom. The number of benzene rings is 2. The molecule has 2 aromatic carbocycles. The summed E-state index contributed by atoms with van der Waals surface area (Å²) < 4.78 is 0. The molecule has 102 valence electrons. The number of hydrogen-bond donors (Lipinski definition) is 2. The van der Waals surface area contributed by atoms with Gasteiger partial charge >= 0.3 is 0 Å². The van der Waals surface area contributed by atoms with Crippen molar-refractivity contribution in [2.24, 2.45) is 0 Å². The van der Waals surface area contributed by atoms with Gasteiger partial charge in [0.2, 0.25) is 0 Å². The highest BCUT2D eigenvalue weighted by Crippen LogP contribution is 2.16. The van der Waals surface area contributed by atoms with Gasteiger partial charge in [-0.25, -0.2) is 0 Å². The lowest BCUT2D eigenvalue weighted by Gasteiger charge is -2.17. The maximum atomic E-state index is 10.1. The molecule has 0 amide bonds. The molecular weight excluding hydrogens is 248 g/mol. The third-order valence-electron chi connectivity index (χ3n) is 3.34. The summed E-state index contributed by atoms with van der Waals surface area (Å²) in [5.41, 5.74) is 2.61. The molecule has 0 spiro atoms. The molecule has 0 bridgehead atoms. The van der Waals surface area contributed by atoms with Crippen molar-refractivity contribution < 1.29 is 5.11 Å². The predicted octanol–water partition coefficient (Wildman–Crippen LogP) is 2.94. The number of aliphatic hydroxyl groups excluding tert-OH is 1. The Bertz CT molecular complexity index is 572. The van der Waals surface area contributed by atoms with Crippen LogP contribution < -0.4 is 5.32 Å². The molecule has 3 heteroatoms. The van der Waals surface area contributed by atoms with Gasteiger partial charge in [0, 0.05) is 12.6 Å². The van der Waals surface area contributed by atoms with E-state index < -0.39 is 6.10 Å². The van der Waals surface area contributed by atoms with Crippen LogP contribution in [0.2, 0.25) is 0 Å². The summed E-state index contributed by atoms with van der Waals surface area (Å²) in [6, 6.07) is 19.4. The van der Waals surface area contributed by atoms with Gasteiger partial charge in [-0.3, -0.25) is 0 Å². The van der Waals surface area contributed by atoms with Gasteiger partial charge in [-0.2, -0.15) is 5.26 Å². The molecule has 2 unspecified atom stereocenters. The molecule has 0 aromatic heterocycles. The van der Waals surface area contributed by atoms with E-state index in [1.807, 2.05) is 18.2 Å². The highest BCUT2D eigenvalue weighted by molar-refractivity contribution is 5.32. The van der Waals surface area contributed by atoms with Crippen LogP contribution in [0.15, 0.2) is 54.6 Å². The number of hydrogen-bond acceptors (Lipinski definition) is 3. The van der Waals surface area contributed by atoms with E-state index in [0.717, 1.165) is 5.56 Å². The molecule has 0 heterocycles. The maximum Gasteiger partial charge on any atom is 0.0991 e. The fourth-order valence-electron chi connectivity index (χ4n) is 2.05. The summed E-state index contributed by atoms with van der Waals surface area (Å²) in [4.78, 5) is 0. The lowest BCUT2D eigenvalue weighted by molar-refractivity contribution is 0.171. The molecule has 2 atom stereocenters. The van der Waals surface area contributed by atoms with Crippen molar-refractivity contribution in [3.63, 3.8) is 0 Å². The standard InChI is InChI=1S/C17H18N2O/c1-13(15-5-3-2-4-6-15)19-12-17(20)16-9-7-14(11-18)8-10-16/h2-10,13,17,19-20H,12H2,1H3. The first-order valence-corrected chi connectivity index (χ1v) is 6.67. The van der Waals surface area contributed by atoms with Crippen molar-refractivity contribution in [1.82, 2.24) is 5.32 Å². The fourth-order valence-corrected chi connectivity index (χ4v) is 2.05. The second-order valence-corrected chi connectivity index (χ2v) is 4.79. The van der Waals surface area contributed by atoms with Gasteiger partial charge in [-0.15, -0.1) is 0 Å². The minimum absolute atomic E-state index is 0.184. The van der Waals surface area contributed by atoms with Gasteiger partial charge in [0.05, 0.1) is 17.7 Å². The first-order chi connectivity index (χ1) is 9.70. The smallest absolute Gasteiger partial charge is 0.0991 e. The van der Waals surface area contributed by atoms with Gasteiger partial charge in [0.15, 0.2) is 0 Å². The molecule has 2 rings (SSSR count). The Balaban J connectivity index is 1.91. The van der Waals surface area contributed by atoms with Crippen molar-refractivity contribution in [1.29, 1.82) is 5.26 Å². The Morgan fingerprint density at radius 3 is 2.30 bits per heavy atom. The van der Waals surface area contributed by atoms with Gasteiger partial charge < -0.3 is 10.4 Å². The maximum absolute atomic E-state index is 10.1. The van der Waals surface area contributed by atoms with E-state index in [-0.39, 0.29) is 6.04 Å². The molecule has 0 radical (unpaired) electrons.